The van der Waals surface area contributed by atoms with E-state index in [1.165, 1.54) is 11.6 Å². The zero-order valence-corrected chi connectivity index (χ0v) is 18.4. The van der Waals surface area contributed by atoms with Crippen LogP contribution in [0.15, 0.2) is 73.3 Å². The fourth-order valence-corrected chi connectivity index (χ4v) is 3.36. The van der Waals surface area contributed by atoms with Gasteiger partial charge in [0.25, 0.3) is 0 Å². The Labute approximate surface area is 189 Å². The topological polar surface area (TPSA) is 42.2 Å². The molecule has 0 heterocycles. The first-order valence-corrected chi connectivity index (χ1v) is 10.5. The fourth-order valence-electron chi connectivity index (χ4n) is 3.36. The van der Waals surface area contributed by atoms with Crippen molar-refractivity contribution in [3.8, 4) is 17.6 Å². The van der Waals surface area contributed by atoms with Crippen molar-refractivity contribution in [2.24, 2.45) is 0 Å². The molecule has 3 rings (SSSR count). The molecule has 0 unspecified atom stereocenters. The van der Waals surface area contributed by atoms with Gasteiger partial charge in [0.2, 0.25) is 0 Å². The van der Waals surface area contributed by atoms with Gasteiger partial charge in [0, 0.05) is 11.1 Å². The van der Waals surface area contributed by atoms with Gasteiger partial charge in [0.15, 0.2) is 11.5 Å². The highest BCUT2D eigenvalue weighted by Gasteiger charge is 2.15. The van der Waals surface area contributed by atoms with Crippen molar-refractivity contribution in [2.75, 3.05) is 6.61 Å². The predicted molar refractivity (Wildman–Crippen MR) is 127 cm³/mol. The molecule has 0 spiro atoms. The van der Waals surface area contributed by atoms with Gasteiger partial charge >= 0.3 is 0 Å². The van der Waals surface area contributed by atoms with Gasteiger partial charge in [-0.05, 0) is 55.7 Å². The molecule has 3 aromatic rings. The Balaban J connectivity index is 2.01. The van der Waals surface area contributed by atoms with E-state index in [-0.39, 0.29) is 11.1 Å². The normalized spacial score (nSPS) is 11.0. The van der Waals surface area contributed by atoms with Gasteiger partial charge in [-0.1, -0.05) is 54.1 Å². The lowest BCUT2D eigenvalue weighted by Crippen LogP contribution is -2.03. The maximum absolute atomic E-state index is 14.2. The molecule has 0 atom stereocenters. The lowest BCUT2D eigenvalue weighted by molar-refractivity contribution is 0.267. The summed E-state index contributed by atoms with van der Waals surface area (Å²) in [4.78, 5) is 0. The third kappa shape index (κ3) is 5.65. The van der Waals surface area contributed by atoms with Gasteiger partial charge in [0.05, 0.1) is 18.2 Å². The number of allylic oxidation sites excluding steroid dienone is 2. The molecule has 0 aromatic heterocycles. The third-order valence-electron chi connectivity index (χ3n) is 4.92. The van der Waals surface area contributed by atoms with Crippen LogP contribution in [0.1, 0.15) is 34.7 Å². The van der Waals surface area contributed by atoms with E-state index in [0.29, 0.717) is 31.1 Å². The molecular formula is C28H26FNO2. The largest absolute Gasteiger partial charge is 0.490 e. The van der Waals surface area contributed by atoms with E-state index in [9.17, 15) is 9.65 Å². The van der Waals surface area contributed by atoms with Crippen LogP contribution in [0.3, 0.4) is 0 Å². The monoisotopic (exact) mass is 427 g/mol. The molecule has 3 nitrogen and oxygen atoms in total. The molecule has 0 radical (unpaired) electrons. The maximum atomic E-state index is 14.2. The third-order valence-corrected chi connectivity index (χ3v) is 4.92. The number of nitrogens with zero attached hydrogens (tertiary/aromatic N) is 1. The van der Waals surface area contributed by atoms with Gasteiger partial charge < -0.3 is 9.47 Å². The minimum absolute atomic E-state index is 0.239. The Morgan fingerprint density at radius 3 is 2.50 bits per heavy atom. The molecule has 0 amide bonds. The smallest absolute Gasteiger partial charge is 0.165 e. The zero-order valence-electron chi connectivity index (χ0n) is 18.4. The summed E-state index contributed by atoms with van der Waals surface area (Å²) in [6.07, 6.45) is 4.02. The highest BCUT2D eigenvalue weighted by atomic mass is 19.1. The van der Waals surface area contributed by atoms with E-state index in [0.717, 1.165) is 16.7 Å². The molecule has 0 aliphatic carbocycles. The minimum atomic E-state index is -0.435. The van der Waals surface area contributed by atoms with Crippen molar-refractivity contribution in [3.63, 3.8) is 0 Å². The molecule has 0 N–H and O–H groups in total. The van der Waals surface area contributed by atoms with Crippen LogP contribution in [0.4, 0.5) is 4.39 Å². The summed E-state index contributed by atoms with van der Waals surface area (Å²) in [5.74, 6) is 0.791. The van der Waals surface area contributed by atoms with E-state index in [1.807, 2.05) is 50.2 Å². The van der Waals surface area contributed by atoms with E-state index >= 15 is 0 Å². The van der Waals surface area contributed by atoms with E-state index in [1.54, 1.807) is 30.4 Å². The Bertz CT molecular complexity index is 1160. The average Bonchev–Trinajstić information content (AvgIpc) is 2.79. The van der Waals surface area contributed by atoms with Crippen LogP contribution in [-0.2, 0) is 13.0 Å². The van der Waals surface area contributed by atoms with Crippen molar-refractivity contribution < 1.29 is 13.9 Å². The number of halogens is 1. The summed E-state index contributed by atoms with van der Waals surface area (Å²) in [6.45, 7) is 8.66. The maximum Gasteiger partial charge on any atom is 0.165 e. The van der Waals surface area contributed by atoms with Crippen molar-refractivity contribution in [3.05, 3.63) is 107 Å². The lowest BCUT2D eigenvalue weighted by atomic mass is 10.0. The van der Waals surface area contributed by atoms with Crippen LogP contribution in [0.5, 0.6) is 11.5 Å². The van der Waals surface area contributed by atoms with E-state index in [2.05, 4.69) is 12.6 Å². The Morgan fingerprint density at radius 2 is 1.84 bits per heavy atom. The standard InChI is InChI=1S/C28H26FNO2/c1-4-8-23-15-22(16-24(18-30)25-9-6-7-10-26(25)29)17-27(31-5-2)28(23)32-19-21-13-11-20(3)12-14-21/h4,6-7,9-17H,1,5,8,19H2,2-3H3. The first-order valence-electron chi connectivity index (χ1n) is 10.5. The van der Waals surface area contributed by atoms with Crippen LogP contribution >= 0.6 is 0 Å². The van der Waals surface area contributed by atoms with Crippen molar-refractivity contribution in [1.82, 2.24) is 0 Å². The second-order valence-electron chi connectivity index (χ2n) is 7.36. The number of benzene rings is 3. The molecule has 0 saturated heterocycles. The SMILES string of the molecule is C=CCc1cc(C=C(C#N)c2ccccc2F)cc(OCC)c1OCc1ccc(C)cc1. The van der Waals surface area contributed by atoms with Crippen LogP contribution < -0.4 is 9.47 Å². The number of hydrogen-bond acceptors (Lipinski definition) is 3. The number of nitriles is 1. The molecule has 0 fully saturated rings. The predicted octanol–water partition coefficient (Wildman–Crippen LogP) is 6.90. The molecule has 0 aliphatic heterocycles. The Morgan fingerprint density at radius 1 is 1.09 bits per heavy atom. The Hall–Kier alpha value is -3.84. The number of aryl methyl sites for hydroxylation is 1. The molecule has 32 heavy (non-hydrogen) atoms. The highest BCUT2D eigenvalue weighted by molar-refractivity contribution is 5.90. The van der Waals surface area contributed by atoms with Gasteiger partial charge in [0.1, 0.15) is 12.4 Å². The number of ether oxygens (including phenoxy) is 2. The summed E-state index contributed by atoms with van der Waals surface area (Å²) in [5, 5.41) is 9.64. The second-order valence-corrected chi connectivity index (χ2v) is 7.36. The molecular weight excluding hydrogens is 401 g/mol. The van der Waals surface area contributed by atoms with Crippen LogP contribution in [-0.4, -0.2) is 6.61 Å². The van der Waals surface area contributed by atoms with Crippen LogP contribution in [0.2, 0.25) is 0 Å². The second kappa shape index (κ2) is 11.0. The van der Waals surface area contributed by atoms with Gasteiger partial charge in [-0.2, -0.15) is 5.26 Å². The number of hydrogen-bond donors (Lipinski definition) is 0. The average molecular weight is 428 g/mol. The van der Waals surface area contributed by atoms with Crippen molar-refractivity contribution in [1.29, 1.82) is 5.26 Å². The van der Waals surface area contributed by atoms with Crippen LogP contribution in [0.25, 0.3) is 11.6 Å². The van der Waals surface area contributed by atoms with E-state index < -0.39 is 5.82 Å². The molecule has 0 aliphatic rings. The summed E-state index contributed by atoms with van der Waals surface area (Å²) in [6, 6.07) is 20.3. The summed E-state index contributed by atoms with van der Waals surface area (Å²) >= 11 is 0. The van der Waals surface area contributed by atoms with Crippen molar-refractivity contribution in [2.45, 2.75) is 26.9 Å². The quantitative estimate of drug-likeness (QED) is 0.212. The highest BCUT2D eigenvalue weighted by Crippen LogP contribution is 2.36. The van der Waals surface area contributed by atoms with Crippen LogP contribution in [0, 0.1) is 24.1 Å². The fraction of sp³-hybridized carbons (Fsp3) is 0.179. The van der Waals surface area contributed by atoms with Gasteiger partial charge in [-0.3, -0.25) is 0 Å². The minimum Gasteiger partial charge on any atom is -0.490 e. The molecule has 4 heteroatoms. The first kappa shape index (κ1) is 22.8. The molecule has 0 bridgehead atoms. The summed E-state index contributed by atoms with van der Waals surface area (Å²) in [7, 11) is 0. The van der Waals surface area contributed by atoms with E-state index in [4.69, 9.17) is 9.47 Å². The summed E-state index contributed by atoms with van der Waals surface area (Å²) in [5.41, 5.74) is 4.36. The number of rotatable bonds is 9. The van der Waals surface area contributed by atoms with Gasteiger partial charge in [-0.25, -0.2) is 4.39 Å². The first-order chi connectivity index (χ1) is 15.5. The lowest BCUT2D eigenvalue weighted by Gasteiger charge is -2.17. The van der Waals surface area contributed by atoms with Crippen molar-refractivity contribution >= 4 is 11.6 Å². The Kier molecular flexibility index (Phi) is 7.83. The van der Waals surface area contributed by atoms with Gasteiger partial charge in [-0.15, -0.1) is 6.58 Å². The molecule has 162 valence electrons. The molecule has 0 saturated carbocycles. The molecule has 3 aromatic carbocycles. The summed E-state index contributed by atoms with van der Waals surface area (Å²) < 4.78 is 26.3. The zero-order chi connectivity index (χ0) is 22.9.